The minimum absolute atomic E-state index is 0.0116. The fraction of sp³-hybridized carbons (Fsp3) is 0.484. The molecular formula is C31H42FN7O6Si. The van der Waals surface area contributed by atoms with Crippen LogP contribution >= 0.6 is 0 Å². The lowest BCUT2D eigenvalue weighted by Gasteiger charge is -2.25. The highest BCUT2D eigenvalue weighted by Crippen LogP contribution is 2.32. The van der Waals surface area contributed by atoms with Crippen LogP contribution in [0.3, 0.4) is 0 Å². The molecule has 1 aromatic carbocycles. The summed E-state index contributed by atoms with van der Waals surface area (Å²) in [6.45, 7) is 14.1. The Morgan fingerprint density at radius 3 is 2.54 bits per heavy atom. The molecular weight excluding hydrogens is 613 g/mol. The lowest BCUT2D eigenvalue weighted by atomic mass is 10.0. The van der Waals surface area contributed by atoms with Crippen molar-refractivity contribution in [2.45, 2.75) is 78.4 Å². The van der Waals surface area contributed by atoms with Gasteiger partial charge in [0.05, 0.1) is 42.4 Å². The average molecular weight is 656 g/mol. The van der Waals surface area contributed by atoms with Gasteiger partial charge < -0.3 is 29.6 Å². The smallest absolute Gasteiger partial charge is 0.410 e. The maximum absolute atomic E-state index is 14.2. The highest BCUT2D eigenvalue weighted by molar-refractivity contribution is 6.76. The average Bonchev–Trinajstić information content (AvgIpc) is 3.31. The van der Waals surface area contributed by atoms with E-state index < -0.39 is 37.7 Å². The SMILES string of the molecule is COC(=O)c1ccc(F)cc1[C@@H](C)Oc1nc(-c2c(C#N)nn(COCC[Si](C)(C)C)c2CN(C)C(=O)OC(C)(C)C)cnc1N. The highest BCUT2D eigenvalue weighted by atomic mass is 28.3. The second-order valence-corrected chi connectivity index (χ2v) is 18.5. The molecule has 3 rings (SSSR count). The Morgan fingerprint density at radius 1 is 1.24 bits per heavy atom. The number of carbonyl (C=O) groups excluding carboxylic acids is 2. The van der Waals surface area contributed by atoms with Gasteiger partial charge >= 0.3 is 12.1 Å². The van der Waals surface area contributed by atoms with Crippen LogP contribution in [0.2, 0.25) is 25.7 Å². The molecule has 3 aromatic rings. The molecule has 0 aliphatic rings. The second-order valence-electron chi connectivity index (χ2n) is 12.9. The molecule has 1 amide bonds. The number of esters is 1. The van der Waals surface area contributed by atoms with Gasteiger partial charge in [-0.2, -0.15) is 10.4 Å². The fourth-order valence-electron chi connectivity index (χ4n) is 4.26. The number of nitrogens with zero attached hydrogens (tertiary/aromatic N) is 6. The molecule has 0 saturated heterocycles. The van der Waals surface area contributed by atoms with Gasteiger partial charge in [-0.15, -0.1) is 0 Å². The predicted molar refractivity (Wildman–Crippen MR) is 171 cm³/mol. The van der Waals surface area contributed by atoms with Crippen molar-refractivity contribution in [3.63, 3.8) is 0 Å². The van der Waals surface area contributed by atoms with E-state index in [2.05, 4.69) is 40.8 Å². The van der Waals surface area contributed by atoms with Crippen LogP contribution in [0.5, 0.6) is 5.88 Å². The Bertz CT molecular complexity index is 1610. The van der Waals surface area contributed by atoms with Crippen LogP contribution in [-0.2, 0) is 27.5 Å². The molecule has 0 aliphatic carbocycles. The minimum atomic E-state index is -1.37. The van der Waals surface area contributed by atoms with Crippen molar-refractivity contribution in [2.24, 2.45) is 0 Å². The summed E-state index contributed by atoms with van der Waals surface area (Å²) < 4.78 is 38.0. The molecule has 15 heteroatoms. The van der Waals surface area contributed by atoms with E-state index in [1.807, 2.05) is 0 Å². The zero-order chi connectivity index (χ0) is 34.4. The molecule has 0 spiro atoms. The largest absolute Gasteiger partial charge is 0.467 e. The van der Waals surface area contributed by atoms with E-state index in [0.29, 0.717) is 12.3 Å². The Labute approximate surface area is 269 Å². The summed E-state index contributed by atoms with van der Waals surface area (Å²) in [4.78, 5) is 35.4. The summed E-state index contributed by atoms with van der Waals surface area (Å²) >= 11 is 0. The maximum Gasteiger partial charge on any atom is 0.410 e. The van der Waals surface area contributed by atoms with Gasteiger partial charge in [0.15, 0.2) is 11.5 Å². The zero-order valence-corrected chi connectivity index (χ0v) is 28.8. The number of hydrogen-bond acceptors (Lipinski definition) is 11. The number of nitriles is 1. The normalized spacial score (nSPS) is 12.3. The van der Waals surface area contributed by atoms with Crippen molar-refractivity contribution in [3.05, 3.63) is 52.7 Å². The monoisotopic (exact) mass is 655 g/mol. The molecule has 13 nitrogen and oxygen atoms in total. The van der Waals surface area contributed by atoms with Crippen LogP contribution in [0.25, 0.3) is 11.3 Å². The van der Waals surface area contributed by atoms with Crippen molar-refractivity contribution in [3.8, 4) is 23.2 Å². The number of amides is 1. The van der Waals surface area contributed by atoms with E-state index in [4.69, 9.17) is 24.7 Å². The van der Waals surface area contributed by atoms with Gasteiger partial charge in [-0.25, -0.2) is 28.6 Å². The van der Waals surface area contributed by atoms with Crippen LogP contribution in [0, 0.1) is 17.1 Å². The van der Waals surface area contributed by atoms with E-state index in [9.17, 15) is 19.2 Å². The predicted octanol–water partition coefficient (Wildman–Crippen LogP) is 5.54. The third-order valence-electron chi connectivity index (χ3n) is 6.63. The highest BCUT2D eigenvalue weighted by Gasteiger charge is 2.28. The van der Waals surface area contributed by atoms with Crippen LogP contribution in [0.1, 0.15) is 61.1 Å². The summed E-state index contributed by atoms with van der Waals surface area (Å²) in [7, 11) is 1.41. The maximum atomic E-state index is 14.2. The number of nitrogens with two attached hydrogens (primary N) is 1. The quantitative estimate of drug-likeness (QED) is 0.148. The lowest BCUT2D eigenvalue weighted by Crippen LogP contribution is -2.34. The Balaban J connectivity index is 2.06. The van der Waals surface area contributed by atoms with Gasteiger partial charge in [0.1, 0.15) is 30.3 Å². The number of ether oxygens (including phenoxy) is 4. The van der Waals surface area contributed by atoms with E-state index >= 15 is 0 Å². The molecule has 248 valence electrons. The van der Waals surface area contributed by atoms with E-state index in [0.717, 1.165) is 18.2 Å². The molecule has 0 bridgehead atoms. The zero-order valence-electron chi connectivity index (χ0n) is 27.8. The Hall–Kier alpha value is -4.55. The molecule has 46 heavy (non-hydrogen) atoms. The number of carbonyl (C=O) groups is 2. The van der Waals surface area contributed by atoms with Crippen molar-refractivity contribution in [1.29, 1.82) is 5.26 Å². The Morgan fingerprint density at radius 2 is 1.93 bits per heavy atom. The van der Waals surface area contributed by atoms with E-state index in [-0.39, 0.29) is 53.1 Å². The van der Waals surface area contributed by atoms with Crippen molar-refractivity contribution in [2.75, 3.05) is 26.5 Å². The molecule has 0 aliphatic heterocycles. The van der Waals surface area contributed by atoms with Crippen LogP contribution in [0.4, 0.5) is 15.0 Å². The van der Waals surface area contributed by atoms with Crippen LogP contribution < -0.4 is 10.5 Å². The Kier molecular flexibility index (Phi) is 11.5. The first-order valence-corrected chi connectivity index (χ1v) is 18.3. The summed E-state index contributed by atoms with van der Waals surface area (Å²) in [5.41, 5.74) is 6.63. The summed E-state index contributed by atoms with van der Waals surface area (Å²) in [5.74, 6) is -1.46. The van der Waals surface area contributed by atoms with Crippen molar-refractivity contribution in [1.82, 2.24) is 24.6 Å². The van der Waals surface area contributed by atoms with Gasteiger partial charge in [0.2, 0.25) is 0 Å². The molecule has 2 aromatic heterocycles. The van der Waals surface area contributed by atoms with E-state index in [1.165, 1.54) is 29.0 Å². The number of aromatic nitrogens is 4. The van der Waals surface area contributed by atoms with Crippen molar-refractivity contribution < 1.29 is 32.9 Å². The minimum Gasteiger partial charge on any atom is -0.467 e. The third kappa shape index (κ3) is 9.48. The molecule has 0 radical (unpaired) electrons. The molecule has 0 unspecified atom stereocenters. The van der Waals surface area contributed by atoms with Gasteiger partial charge in [-0.05, 0) is 51.9 Å². The first kappa shape index (κ1) is 35.9. The first-order chi connectivity index (χ1) is 21.4. The lowest BCUT2D eigenvalue weighted by molar-refractivity contribution is 0.0270. The molecule has 1 atom stereocenters. The van der Waals surface area contributed by atoms with Gasteiger partial charge in [-0.1, -0.05) is 19.6 Å². The number of halogens is 1. The molecule has 2 N–H and O–H groups in total. The third-order valence-corrected chi connectivity index (χ3v) is 8.34. The standard InChI is InChI=1S/C31H42FN7O6Si/c1-19(22-14-20(32)10-11-21(22)29(40)42-6)44-28-27(34)35-16-24(36-28)26-23(15-33)37-39(18-43-12-13-46(7,8)9)25(26)17-38(5)30(41)45-31(2,3)4/h10-11,14,16,19H,12-13,17-18H2,1-9H3,(H2,34,35)/t19-/m1/s1. The summed E-state index contributed by atoms with van der Waals surface area (Å²) in [5, 5.41) is 14.6. The van der Waals surface area contributed by atoms with Gasteiger partial charge in [-0.3, -0.25) is 0 Å². The summed E-state index contributed by atoms with van der Waals surface area (Å²) in [6, 6.07) is 6.62. The summed E-state index contributed by atoms with van der Waals surface area (Å²) in [6.07, 6.45) is -0.130. The van der Waals surface area contributed by atoms with Crippen LogP contribution in [-0.4, -0.2) is 71.2 Å². The molecule has 0 fully saturated rings. The van der Waals surface area contributed by atoms with Gasteiger partial charge in [0, 0.05) is 27.3 Å². The van der Waals surface area contributed by atoms with Crippen LogP contribution in [0.15, 0.2) is 24.4 Å². The van der Waals surface area contributed by atoms with E-state index in [1.54, 1.807) is 34.7 Å². The number of hydrogen-bond donors (Lipinski definition) is 1. The molecule has 2 heterocycles. The second kappa shape index (κ2) is 14.7. The molecule has 0 saturated carbocycles. The fourth-order valence-corrected chi connectivity index (χ4v) is 5.01. The topological polar surface area (TPSA) is 168 Å². The number of rotatable bonds is 12. The van der Waals surface area contributed by atoms with Crippen molar-refractivity contribution >= 4 is 26.0 Å². The first-order valence-electron chi connectivity index (χ1n) is 14.6. The number of benzene rings is 1. The number of methoxy groups -OCH3 is 1. The van der Waals surface area contributed by atoms with Gasteiger partial charge in [0.25, 0.3) is 5.88 Å². The number of anilines is 1. The number of nitrogen functional groups attached to an aromatic ring is 1.